The summed E-state index contributed by atoms with van der Waals surface area (Å²) in [7, 11) is -7.71. The SMILES string of the molecule is CCN(CC)c1ccc2c(-c3ccccc3C(=O)[O-])c3ccc(=[N+](CC)CC)cc-3oc2c1.Cc1[nH]n(-c2ccccc2)c(=O)c1N=Nc1cc(S(=O)(=O)NCCCOC(C)C)ccc1[O-].Cc1nn(-c2ccccc2)c([O-])c1N=Nc1cc(S(=O)(=O)NCCCOC(C)C)ccc1[O-].[Co+3]. The molecule has 0 amide bonds. The van der Waals surface area contributed by atoms with Gasteiger partial charge in [0.25, 0.3) is 5.56 Å². The van der Waals surface area contributed by atoms with Gasteiger partial charge in [0.05, 0.1) is 68.2 Å². The average Bonchev–Trinajstić information content (AvgIpc) is 1.23. The number of carbonyl (C=O) groups excluding carboxylic acids is 1. The van der Waals surface area contributed by atoms with E-state index in [1.807, 2.05) is 64.1 Å². The van der Waals surface area contributed by atoms with Crippen molar-refractivity contribution in [2.24, 2.45) is 20.5 Å². The van der Waals surface area contributed by atoms with Gasteiger partial charge in [-0.2, -0.15) is 15.3 Å². The van der Waals surface area contributed by atoms with Gasteiger partial charge in [0, 0.05) is 85.2 Å². The molecule has 28 heteroatoms. The van der Waals surface area contributed by atoms with Crippen LogP contribution in [0.25, 0.3) is 44.8 Å². The third-order valence-electron chi connectivity index (χ3n) is 15.5. The van der Waals surface area contributed by atoms with Crippen LogP contribution in [-0.4, -0.2) is 107 Å². The fourth-order valence-electron chi connectivity index (χ4n) is 10.4. The van der Waals surface area contributed by atoms with E-state index in [9.17, 15) is 46.9 Å². The Labute approximate surface area is 591 Å². The number of H-pyrrole nitrogens is 1. The summed E-state index contributed by atoms with van der Waals surface area (Å²) in [5, 5.41) is 73.7. The molecular weight excluding hydrogens is 1360 g/mol. The number of carboxylic acids is 1. The number of fused-ring (bicyclic) bond motifs is 2. The van der Waals surface area contributed by atoms with Crippen LogP contribution in [0.5, 0.6) is 17.4 Å². The summed E-state index contributed by atoms with van der Waals surface area (Å²) in [6, 6.07) is 44.0. The second-order valence-electron chi connectivity index (χ2n) is 23.1. The Bertz CT molecular complexity index is 4820. The molecule has 8 aromatic rings. The molecule has 0 spiro atoms. The quantitative estimate of drug-likeness (QED) is 0.0186. The average molecular weight is 1450 g/mol. The number of nitrogens with zero attached hydrogens (tertiary/aromatic N) is 9. The molecule has 0 fully saturated rings. The first-order valence-corrected chi connectivity index (χ1v) is 35.4. The van der Waals surface area contributed by atoms with Gasteiger partial charge in [0.2, 0.25) is 25.4 Å². The molecule has 10 rings (SSSR count). The number of aryl methyl sites for hydroxylation is 2. The fraction of sp³-hybridized carbons (Fsp3) is 0.306. The molecule has 6 aromatic carbocycles. The van der Waals surface area contributed by atoms with Gasteiger partial charge < -0.3 is 44.0 Å². The molecule has 2 aliphatic rings. The molecule has 528 valence electrons. The van der Waals surface area contributed by atoms with Crippen molar-refractivity contribution < 1.29 is 72.7 Å². The Morgan fingerprint density at radius 3 is 1.71 bits per heavy atom. The van der Waals surface area contributed by atoms with Gasteiger partial charge in [0.15, 0.2) is 5.69 Å². The largest absolute Gasteiger partial charge is 3.00 e. The van der Waals surface area contributed by atoms with Crippen molar-refractivity contribution in [1.82, 2.24) is 33.6 Å². The van der Waals surface area contributed by atoms with Gasteiger partial charge in [-0.05, 0) is 154 Å². The molecule has 2 aromatic heterocycles. The Hall–Kier alpha value is -9.65. The van der Waals surface area contributed by atoms with Crippen molar-refractivity contribution in [3.05, 3.63) is 190 Å². The van der Waals surface area contributed by atoms with Gasteiger partial charge >= 0.3 is 16.8 Å². The summed E-state index contributed by atoms with van der Waals surface area (Å²) in [5.41, 5.74) is 5.47. The zero-order valence-electron chi connectivity index (χ0n) is 57.2. The van der Waals surface area contributed by atoms with Crippen LogP contribution in [0, 0.1) is 13.8 Å². The molecule has 0 unspecified atom stereocenters. The Morgan fingerprint density at radius 1 is 0.650 bits per heavy atom. The third-order valence-corrected chi connectivity index (χ3v) is 18.4. The summed E-state index contributed by atoms with van der Waals surface area (Å²) in [6.07, 6.45) is 1.14. The summed E-state index contributed by atoms with van der Waals surface area (Å²) < 4.78 is 77.1. The smallest absolute Gasteiger partial charge is 0.871 e. The number of carboxylic acid groups (broad SMARTS) is 1. The van der Waals surface area contributed by atoms with Gasteiger partial charge in [-0.3, -0.25) is 9.89 Å². The van der Waals surface area contributed by atoms with Crippen LogP contribution in [0.3, 0.4) is 0 Å². The number of rotatable bonds is 27. The molecule has 0 radical (unpaired) electrons. The number of benzene rings is 7. The number of azo groups is 2. The molecule has 1 aliphatic carbocycles. The van der Waals surface area contributed by atoms with Crippen molar-refractivity contribution in [2.75, 3.05) is 57.4 Å². The second kappa shape index (κ2) is 35.9. The number of nitrogens with one attached hydrogen (secondary N) is 3. The summed E-state index contributed by atoms with van der Waals surface area (Å²) >= 11 is 0. The van der Waals surface area contributed by atoms with E-state index in [1.54, 1.807) is 74.5 Å². The van der Waals surface area contributed by atoms with E-state index in [2.05, 4.69) is 102 Å². The Balaban J connectivity index is 0.000000210. The molecule has 3 heterocycles. The molecule has 100 heavy (non-hydrogen) atoms. The number of anilines is 1. The Morgan fingerprint density at radius 2 is 1.18 bits per heavy atom. The number of para-hydroxylation sites is 2. The van der Waals surface area contributed by atoms with Crippen LogP contribution in [0.4, 0.5) is 28.4 Å². The summed E-state index contributed by atoms with van der Waals surface area (Å²) in [4.78, 5) is 26.7. The van der Waals surface area contributed by atoms with Crippen LogP contribution in [0.2, 0.25) is 0 Å². The minimum absolute atomic E-state index is 0. The van der Waals surface area contributed by atoms with E-state index in [-0.39, 0.29) is 80.2 Å². The van der Waals surface area contributed by atoms with Crippen molar-refractivity contribution in [1.29, 1.82) is 0 Å². The van der Waals surface area contributed by atoms with E-state index >= 15 is 0 Å². The fourth-order valence-corrected chi connectivity index (χ4v) is 12.6. The van der Waals surface area contributed by atoms with Crippen LogP contribution in [-0.2, 0) is 46.3 Å². The molecule has 25 nitrogen and oxygen atoms in total. The van der Waals surface area contributed by atoms with Crippen molar-refractivity contribution >= 4 is 65.4 Å². The minimum Gasteiger partial charge on any atom is -0.871 e. The number of aromatic carboxylic acids is 1. The summed E-state index contributed by atoms with van der Waals surface area (Å²) in [6.45, 7) is 24.1. The maximum atomic E-state index is 12.7. The van der Waals surface area contributed by atoms with E-state index in [1.165, 1.54) is 21.5 Å². The van der Waals surface area contributed by atoms with Gasteiger partial charge in [-0.1, -0.05) is 84.3 Å². The van der Waals surface area contributed by atoms with E-state index in [0.717, 1.165) is 89.3 Å². The molecule has 1 aliphatic heterocycles. The van der Waals surface area contributed by atoms with Gasteiger partial charge in [-0.25, -0.2) is 40.2 Å². The molecule has 0 saturated carbocycles. The predicted octanol–water partition coefficient (Wildman–Crippen LogP) is 10.1. The topological polar surface area (TPSA) is 345 Å². The van der Waals surface area contributed by atoms with Gasteiger partial charge in [-0.15, -0.1) is 10.2 Å². The van der Waals surface area contributed by atoms with E-state index in [4.69, 9.17) is 13.9 Å². The first-order valence-electron chi connectivity index (χ1n) is 32.4. The summed E-state index contributed by atoms with van der Waals surface area (Å²) in [5.74, 6) is -1.99. The number of hydrogen-bond acceptors (Lipinski definition) is 19. The maximum Gasteiger partial charge on any atom is 3.00 e. The van der Waals surface area contributed by atoms with E-state index < -0.39 is 49.0 Å². The number of ether oxygens (including phenoxy) is 2. The van der Waals surface area contributed by atoms with Crippen molar-refractivity contribution in [2.45, 2.75) is 104 Å². The number of aromatic nitrogens is 4. The molecular formula is C72H81CoN12O13S2. The molecule has 0 bridgehead atoms. The van der Waals surface area contributed by atoms with Crippen LogP contribution >= 0.6 is 0 Å². The number of hydrogen-bond donors (Lipinski definition) is 3. The Kier molecular flexibility index (Phi) is 27.9. The van der Waals surface area contributed by atoms with Gasteiger partial charge in [0.1, 0.15) is 30.1 Å². The third kappa shape index (κ3) is 19.6. The number of sulfonamides is 2. The van der Waals surface area contributed by atoms with E-state index in [0.29, 0.717) is 54.4 Å². The van der Waals surface area contributed by atoms with Crippen molar-refractivity contribution in [3.8, 4) is 51.2 Å². The number of aromatic amines is 1. The first kappa shape index (κ1) is 77.7. The second-order valence-corrected chi connectivity index (χ2v) is 26.6. The minimum atomic E-state index is -3.86. The zero-order valence-corrected chi connectivity index (χ0v) is 59.9. The predicted molar refractivity (Wildman–Crippen MR) is 373 cm³/mol. The molecule has 0 atom stereocenters. The molecule has 0 saturated heterocycles. The monoisotopic (exact) mass is 1440 g/mol. The standard InChI is InChI=1S/C28H30N2O3.2C22H27N5O5S.Co/c1-5-29(6-2)19-13-15-23-25(17-19)33-26-18-20(30(7-3)8-4)14-16-24(26)27(23)21-11-9-10-12-22(21)28(31)32;2*1-15(2)32-13-7-12-23-33(30,31)18-10-11-20(28)19(14-18)24-25-21-16(3)26-27(22(21)29)17-8-5-4-6-9-17;/h9-18H,5-8H2,1-4H3;4-6,8-11,14-15,23,28-29H,7,12-13H2,1-3H3;4-6,8-11,14-15,23,26,28H,7,12-13H2,1-3H3;/q;;;+3/p-3. The van der Waals surface area contributed by atoms with Crippen LogP contribution < -0.4 is 50.3 Å². The zero-order chi connectivity index (χ0) is 71.6. The number of carbonyl (C=O) groups is 1. The first-order chi connectivity index (χ1) is 47.4. The maximum absolute atomic E-state index is 12.7. The van der Waals surface area contributed by atoms with Crippen LogP contribution in [0.1, 0.15) is 90.0 Å². The van der Waals surface area contributed by atoms with Crippen molar-refractivity contribution in [3.63, 3.8) is 0 Å². The normalized spacial score (nSPS) is 11.7. The molecule has 3 N–H and O–H groups in total. The van der Waals surface area contributed by atoms with Crippen LogP contribution in [0.15, 0.2) is 197 Å².